The van der Waals surface area contributed by atoms with E-state index in [2.05, 4.69) is 191 Å². The summed E-state index contributed by atoms with van der Waals surface area (Å²) in [7, 11) is 0. The molecular formula is C50H50BN3. The van der Waals surface area contributed by atoms with E-state index < -0.39 is 0 Å². The van der Waals surface area contributed by atoms with Crippen LogP contribution in [-0.2, 0) is 10.8 Å². The number of rotatable bonds is 4. The minimum Gasteiger partial charge on any atom is -0.335 e. The molecule has 0 N–H and O–H groups in total. The van der Waals surface area contributed by atoms with E-state index in [0.29, 0.717) is 0 Å². The third-order valence-electron chi connectivity index (χ3n) is 13.7. The summed E-state index contributed by atoms with van der Waals surface area (Å²) in [5.74, 6) is 0. The van der Waals surface area contributed by atoms with Crippen LogP contribution in [0.3, 0.4) is 0 Å². The Kier molecular flexibility index (Phi) is 7.19. The first-order valence-corrected chi connectivity index (χ1v) is 20.0. The summed E-state index contributed by atoms with van der Waals surface area (Å²) in [4.78, 5) is 7.93. The lowest BCUT2D eigenvalue weighted by Gasteiger charge is -2.53. The molecule has 3 nitrogen and oxygen atoms in total. The van der Waals surface area contributed by atoms with Gasteiger partial charge >= 0.3 is 0 Å². The molecule has 268 valence electrons. The standard InChI is InChI=1S/C50H50BN3/c1-33-18-17-22-37(28-33)52(42-24-13-11-19-34(42)2)38-31-44-46-45(32-38)54-47-39(49(6)26-15-16-27-50(49,54)7)29-35(48(3,4)5)30-41(47)51(46)40-23-12-14-25-43(40)53(44)36-20-9-8-10-21-36/h8-14,17-25,28-32H,15-16,26-27H2,1-7H3. The van der Waals surface area contributed by atoms with Gasteiger partial charge in [-0.15, -0.1) is 0 Å². The number of hydrogen-bond donors (Lipinski definition) is 0. The van der Waals surface area contributed by atoms with E-state index in [1.165, 1.54) is 104 Å². The van der Waals surface area contributed by atoms with Crippen LogP contribution in [0.5, 0.6) is 0 Å². The van der Waals surface area contributed by atoms with Gasteiger partial charge < -0.3 is 14.7 Å². The average Bonchev–Trinajstić information content (AvgIpc) is 3.37. The van der Waals surface area contributed by atoms with Gasteiger partial charge in [0, 0.05) is 45.2 Å². The molecule has 54 heavy (non-hydrogen) atoms. The molecule has 0 spiro atoms. The highest BCUT2D eigenvalue weighted by molar-refractivity contribution is 7.00. The molecule has 10 rings (SSSR count). The van der Waals surface area contributed by atoms with Crippen molar-refractivity contribution in [2.75, 3.05) is 14.7 Å². The summed E-state index contributed by atoms with van der Waals surface area (Å²) in [6, 6.07) is 48.4. The van der Waals surface area contributed by atoms with Crippen molar-refractivity contribution in [1.29, 1.82) is 0 Å². The van der Waals surface area contributed by atoms with Crippen molar-refractivity contribution in [2.24, 2.45) is 0 Å². The minimum atomic E-state index is -0.0679. The third kappa shape index (κ3) is 4.55. The van der Waals surface area contributed by atoms with E-state index in [9.17, 15) is 0 Å². The number of para-hydroxylation sites is 3. The van der Waals surface area contributed by atoms with Crippen LogP contribution in [0.4, 0.5) is 45.5 Å². The first-order valence-electron chi connectivity index (χ1n) is 20.0. The van der Waals surface area contributed by atoms with Gasteiger partial charge in [0.2, 0.25) is 0 Å². The topological polar surface area (TPSA) is 9.72 Å². The summed E-state index contributed by atoms with van der Waals surface area (Å²) >= 11 is 0. The highest BCUT2D eigenvalue weighted by Gasteiger charge is 2.61. The molecule has 0 radical (unpaired) electrons. The third-order valence-corrected chi connectivity index (χ3v) is 13.7. The largest absolute Gasteiger partial charge is 0.335 e. The Balaban J connectivity index is 1.36. The molecule has 0 amide bonds. The van der Waals surface area contributed by atoms with E-state index >= 15 is 0 Å². The number of fused-ring (bicyclic) bond motifs is 7. The summed E-state index contributed by atoms with van der Waals surface area (Å²) in [5.41, 5.74) is 19.9. The molecular weight excluding hydrogens is 653 g/mol. The molecule has 1 aliphatic carbocycles. The molecule has 3 aliphatic heterocycles. The zero-order valence-electron chi connectivity index (χ0n) is 32.9. The molecule has 1 fully saturated rings. The van der Waals surface area contributed by atoms with Crippen LogP contribution in [-0.4, -0.2) is 12.3 Å². The van der Waals surface area contributed by atoms with Gasteiger partial charge in [0.1, 0.15) is 0 Å². The zero-order valence-corrected chi connectivity index (χ0v) is 32.9. The molecule has 2 atom stereocenters. The second kappa shape index (κ2) is 11.6. The quantitative estimate of drug-likeness (QED) is 0.169. The minimum absolute atomic E-state index is 0.0257. The van der Waals surface area contributed by atoms with E-state index in [0.717, 1.165) is 0 Å². The van der Waals surface area contributed by atoms with Gasteiger partial charge in [0.15, 0.2) is 0 Å². The molecule has 4 aliphatic rings. The van der Waals surface area contributed by atoms with Crippen molar-refractivity contribution < 1.29 is 0 Å². The fourth-order valence-corrected chi connectivity index (χ4v) is 10.7. The molecule has 2 unspecified atom stereocenters. The lowest BCUT2D eigenvalue weighted by Crippen LogP contribution is -2.64. The number of benzene rings is 6. The van der Waals surface area contributed by atoms with Gasteiger partial charge in [-0.3, -0.25) is 0 Å². The lowest BCUT2D eigenvalue weighted by atomic mass is 9.33. The second-order valence-electron chi connectivity index (χ2n) is 17.9. The number of aryl methyl sites for hydroxylation is 2. The molecule has 1 saturated carbocycles. The Morgan fingerprint density at radius 3 is 2.15 bits per heavy atom. The van der Waals surface area contributed by atoms with Crippen LogP contribution in [0, 0.1) is 13.8 Å². The van der Waals surface area contributed by atoms with Crippen molar-refractivity contribution in [3.8, 4) is 0 Å². The summed E-state index contributed by atoms with van der Waals surface area (Å²) in [6.45, 7) is 16.9. The Bertz CT molecular complexity index is 2480. The summed E-state index contributed by atoms with van der Waals surface area (Å²) in [5, 5.41) is 0. The SMILES string of the molecule is Cc1cccc(N(c2cc3c4c(c2)N2c5c(cc(C(C)(C)C)cc5C5(C)CCCCC25C)B4c2ccccc2N3c2ccccc2)c2ccccc2C)c1. The van der Waals surface area contributed by atoms with Crippen LogP contribution >= 0.6 is 0 Å². The van der Waals surface area contributed by atoms with Crippen LogP contribution in [0.15, 0.2) is 127 Å². The van der Waals surface area contributed by atoms with E-state index in [-0.39, 0.29) is 23.1 Å². The fourth-order valence-electron chi connectivity index (χ4n) is 10.7. The number of hydrogen-bond acceptors (Lipinski definition) is 3. The van der Waals surface area contributed by atoms with Gasteiger partial charge in [0.05, 0.1) is 11.2 Å². The maximum Gasteiger partial charge on any atom is 0.252 e. The first kappa shape index (κ1) is 33.4. The molecule has 3 heterocycles. The molecule has 0 bridgehead atoms. The van der Waals surface area contributed by atoms with Gasteiger partial charge in [-0.05, 0) is 126 Å². The van der Waals surface area contributed by atoms with Crippen LogP contribution in [0.1, 0.15) is 82.6 Å². The Labute approximate surface area is 322 Å². The predicted octanol–water partition coefficient (Wildman–Crippen LogP) is 11.4. The number of anilines is 8. The van der Waals surface area contributed by atoms with Crippen LogP contribution in [0.2, 0.25) is 0 Å². The van der Waals surface area contributed by atoms with Crippen molar-refractivity contribution in [3.63, 3.8) is 0 Å². The monoisotopic (exact) mass is 703 g/mol. The molecule has 6 aromatic rings. The van der Waals surface area contributed by atoms with Crippen LogP contribution < -0.4 is 31.1 Å². The van der Waals surface area contributed by atoms with Gasteiger partial charge in [-0.2, -0.15) is 0 Å². The maximum absolute atomic E-state index is 2.87. The lowest BCUT2D eigenvalue weighted by molar-refractivity contribution is 0.195. The Hall–Kier alpha value is -5.22. The van der Waals surface area contributed by atoms with Crippen LogP contribution in [0.25, 0.3) is 0 Å². The van der Waals surface area contributed by atoms with E-state index in [1.54, 1.807) is 5.56 Å². The van der Waals surface area contributed by atoms with Crippen molar-refractivity contribution in [3.05, 3.63) is 150 Å². The van der Waals surface area contributed by atoms with E-state index in [1.807, 2.05) is 0 Å². The predicted molar refractivity (Wildman–Crippen MR) is 231 cm³/mol. The summed E-state index contributed by atoms with van der Waals surface area (Å²) in [6.07, 6.45) is 4.90. The number of nitrogens with zero attached hydrogens (tertiary/aromatic N) is 3. The van der Waals surface area contributed by atoms with Crippen molar-refractivity contribution in [2.45, 2.75) is 90.5 Å². The molecule has 6 aromatic carbocycles. The summed E-state index contributed by atoms with van der Waals surface area (Å²) < 4.78 is 0. The molecule has 0 aromatic heterocycles. The Morgan fingerprint density at radius 2 is 1.37 bits per heavy atom. The molecule has 4 heteroatoms. The van der Waals surface area contributed by atoms with Crippen molar-refractivity contribution >= 4 is 68.6 Å². The first-order chi connectivity index (χ1) is 26.0. The van der Waals surface area contributed by atoms with Crippen molar-refractivity contribution in [1.82, 2.24) is 0 Å². The smallest absolute Gasteiger partial charge is 0.252 e. The molecule has 0 saturated heterocycles. The Morgan fingerprint density at radius 1 is 0.648 bits per heavy atom. The van der Waals surface area contributed by atoms with Gasteiger partial charge in [0.25, 0.3) is 6.71 Å². The van der Waals surface area contributed by atoms with Gasteiger partial charge in [-0.25, -0.2) is 0 Å². The highest BCUT2D eigenvalue weighted by atomic mass is 15.3. The van der Waals surface area contributed by atoms with E-state index in [4.69, 9.17) is 0 Å². The normalized spacial score (nSPS) is 20.6. The average molecular weight is 704 g/mol. The highest BCUT2D eigenvalue weighted by Crippen LogP contribution is 2.62. The maximum atomic E-state index is 2.87. The fraction of sp³-hybridized carbons (Fsp3) is 0.280. The van der Waals surface area contributed by atoms with Gasteiger partial charge in [-0.1, -0.05) is 119 Å². The second-order valence-corrected chi connectivity index (χ2v) is 17.9. The zero-order chi connectivity index (χ0) is 37.1.